The zero-order chi connectivity index (χ0) is 25.0. The van der Waals surface area contributed by atoms with Gasteiger partial charge in [-0.3, -0.25) is 9.59 Å². The summed E-state index contributed by atoms with van der Waals surface area (Å²) in [6.07, 6.45) is 5.44. The van der Waals surface area contributed by atoms with Crippen LogP contribution in [0, 0.1) is 0 Å². The summed E-state index contributed by atoms with van der Waals surface area (Å²) in [6.45, 7) is 4.48. The number of ether oxygens (including phenoxy) is 2. The Morgan fingerprint density at radius 2 is 1.80 bits per heavy atom. The maximum Gasteiger partial charge on any atom is 0.263 e. The highest BCUT2D eigenvalue weighted by molar-refractivity contribution is 6.30. The van der Waals surface area contributed by atoms with E-state index in [1.165, 1.54) is 0 Å². The molecule has 2 aliphatic heterocycles. The number of methoxy groups -OCH3 is 1. The van der Waals surface area contributed by atoms with E-state index < -0.39 is 5.60 Å². The van der Waals surface area contributed by atoms with Gasteiger partial charge < -0.3 is 25.0 Å². The number of aromatic nitrogens is 1. The Bertz CT molecular complexity index is 1010. The van der Waals surface area contributed by atoms with Crippen molar-refractivity contribution in [1.29, 1.82) is 0 Å². The van der Waals surface area contributed by atoms with Crippen molar-refractivity contribution >= 4 is 29.2 Å². The standard InChI is InChI=1S/C26H33ClN4O4/c1-26(2,35-22-9-5-18(27)6-10-22)25(33)30-19-14-20-7-8-21(15-19)31(20)23-11-4-17(16-29-23)24(32)28-12-13-34-3/h4-6,9-11,16,19-21H,7-8,12-15H2,1-3H3,(H,28,32)(H,30,33)/t19-,20+,21-. The van der Waals surface area contributed by atoms with Gasteiger partial charge >= 0.3 is 0 Å². The van der Waals surface area contributed by atoms with Gasteiger partial charge in [-0.2, -0.15) is 0 Å². The summed E-state index contributed by atoms with van der Waals surface area (Å²) in [5.74, 6) is 1.19. The molecule has 188 valence electrons. The Hall–Kier alpha value is -2.84. The molecule has 2 aliphatic rings. The molecule has 2 aromatic rings. The molecule has 0 spiro atoms. The molecule has 4 rings (SSSR count). The minimum absolute atomic E-state index is 0.0789. The number of halogens is 1. The van der Waals surface area contributed by atoms with E-state index in [1.807, 2.05) is 12.1 Å². The molecule has 2 bridgehead atoms. The van der Waals surface area contributed by atoms with Crippen LogP contribution in [-0.4, -0.2) is 60.8 Å². The third-order valence-electron chi connectivity index (χ3n) is 6.67. The number of carbonyl (C=O) groups excluding carboxylic acids is 2. The molecule has 2 amide bonds. The topological polar surface area (TPSA) is 92.8 Å². The number of anilines is 1. The van der Waals surface area contributed by atoms with Crippen LogP contribution < -0.4 is 20.3 Å². The fourth-order valence-electron chi connectivity index (χ4n) is 4.91. The first-order chi connectivity index (χ1) is 16.8. The van der Waals surface area contributed by atoms with Crippen molar-refractivity contribution in [3.8, 4) is 5.75 Å². The predicted octanol–water partition coefficient (Wildman–Crippen LogP) is 3.58. The number of rotatable bonds is 9. The van der Waals surface area contributed by atoms with E-state index in [-0.39, 0.29) is 17.9 Å². The largest absolute Gasteiger partial charge is 0.478 e. The number of hydrogen-bond acceptors (Lipinski definition) is 6. The second-order valence-corrected chi connectivity index (χ2v) is 10.1. The Kier molecular flexibility index (Phi) is 7.82. The quantitative estimate of drug-likeness (QED) is 0.511. The molecule has 0 unspecified atom stereocenters. The van der Waals surface area contributed by atoms with E-state index >= 15 is 0 Å². The molecule has 8 nitrogen and oxygen atoms in total. The van der Waals surface area contributed by atoms with Crippen molar-refractivity contribution in [2.45, 2.75) is 63.3 Å². The minimum Gasteiger partial charge on any atom is -0.478 e. The molecular formula is C26H33ClN4O4. The van der Waals surface area contributed by atoms with Gasteiger partial charge in [0.1, 0.15) is 11.6 Å². The number of piperidine rings is 1. The lowest BCUT2D eigenvalue weighted by Crippen LogP contribution is -2.55. The van der Waals surface area contributed by atoms with Crippen molar-refractivity contribution < 1.29 is 19.1 Å². The lowest BCUT2D eigenvalue weighted by Gasteiger charge is -2.40. The highest BCUT2D eigenvalue weighted by Crippen LogP contribution is 2.38. The SMILES string of the molecule is COCCNC(=O)c1ccc(N2[C@@H]3CC[C@H]2C[C@@H](NC(=O)C(C)(C)Oc2ccc(Cl)cc2)C3)nc1. The Balaban J connectivity index is 1.34. The molecule has 1 aromatic carbocycles. The second-order valence-electron chi connectivity index (χ2n) is 9.65. The summed E-state index contributed by atoms with van der Waals surface area (Å²) in [6, 6.07) is 11.4. The molecule has 0 saturated carbocycles. The zero-order valence-electron chi connectivity index (χ0n) is 20.4. The summed E-state index contributed by atoms with van der Waals surface area (Å²) >= 11 is 5.94. The molecule has 2 saturated heterocycles. The van der Waals surface area contributed by atoms with Crippen LogP contribution in [0.25, 0.3) is 0 Å². The van der Waals surface area contributed by atoms with E-state index in [0.717, 1.165) is 31.5 Å². The number of fused-ring (bicyclic) bond motifs is 2. The summed E-state index contributed by atoms with van der Waals surface area (Å²) < 4.78 is 10.9. The third-order valence-corrected chi connectivity index (χ3v) is 6.92. The van der Waals surface area contributed by atoms with Crippen LogP contribution in [0.4, 0.5) is 5.82 Å². The van der Waals surface area contributed by atoms with Crippen molar-refractivity contribution in [1.82, 2.24) is 15.6 Å². The van der Waals surface area contributed by atoms with Gasteiger partial charge in [-0.1, -0.05) is 11.6 Å². The summed E-state index contributed by atoms with van der Waals surface area (Å²) in [5, 5.41) is 6.64. The van der Waals surface area contributed by atoms with Crippen LogP contribution in [-0.2, 0) is 9.53 Å². The molecule has 3 atom stereocenters. The van der Waals surface area contributed by atoms with Gasteiger partial charge in [0.25, 0.3) is 11.8 Å². The molecule has 35 heavy (non-hydrogen) atoms. The zero-order valence-corrected chi connectivity index (χ0v) is 21.2. The predicted molar refractivity (Wildman–Crippen MR) is 135 cm³/mol. The average Bonchev–Trinajstić information content (AvgIpc) is 3.10. The number of nitrogens with one attached hydrogen (secondary N) is 2. The normalized spacial score (nSPS) is 21.5. The average molecular weight is 501 g/mol. The van der Waals surface area contributed by atoms with Crippen LogP contribution in [0.15, 0.2) is 42.6 Å². The molecule has 0 radical (unpaired) electrons. The van der Waals surface area contributed by atoms with E-state index in [2.05, 4.69) is 20.5 Å². The fourth-order valence-corrected chi connectivity index (χ4v) is 5.04. The van der Waals surface area contributed by atoms with Crippen molar-refractivity contribution in [2.24, 2.45) is 0 Å². The van der Waals surface area contributed by atoms with E-state index in [4.69, 9.17) is 21.1 Å². The smallest absolute Gasteiger partial charge is 0.263 e. The van der Waals surface area contributed by atoms with Crippen molar-refractivity contribution in [3.63, 3.8) is 0 Å². The monoisotopic (exact) mass is 500 g/mol. The third kappa shape index (κ3) is 6.05. The molecular weight excluding hydrogens is 468 g/mol. The minimum atomic E-state index is -1.01. The first-order valence-electron chi connectivity index (χ1n) is 12.0. The highest BCUT2D eigenvalue weighted by Gasteiger charge is 2.43. The number of hydrogen-bond donors (Lipinski definition) is 2. The molecule has 2 fully saturated rings. The number of carbonyl (C=O) groups is 2. The number of amides is 2. The molecule has 0 aliphatic carbocycles. The second kappa shape index (κ2) is 10.8. The van der Waals surface area contributed by atoms with Crippen molar-refractivity contribution in [2.75, 3.05) is 25.2 Å². The van der Waals surface area contributed by atoms with Gasteiger partial charge in [0.2, 0.25) is 0 Å². The van der Waals surface area contributed by atoms with E-state index in [0.29, 0.717) is 41.6 Å². The maximum atomic E-state index is 13.1. The lowest BCUT2D eigenvalue weighted by molar-refractivity contribution is -0.135. The van der Waals surface area contributed by atoms with E-state index in [9.17, 15) is 9.59 Å². The van der Waals surface area contributed by atoms with Gasteiger partial charge in [-0.05, 0) is 75.9 Å². The molecule has 2 N–H and O–H groups in total. The molecule has 1 aromatic heterocycles. The number of nitrogens with zero attached hydrogens (tertiary/aromatic N) is 2. The number of benzene rings is 1. The summed E-state index contributed by atoms with van der Waals surface area (Å²) in [5.41, 5.74) is -0.479. The molecule has 9 heteroatoms. The van der Waals surface area contributed by atoms with Crippen LogP contribution in [0.3, 0.4) is 0 Å². The molecule has 3 heterocycles. The maximum absolute atomic E-state index is 13.1. The van der Waals surface area contributed by atoms with Crippen LogP contribution in [0.2, 0.25) is 5.02 Å². The van der Waals surface area contributed by atoms with Crippen LogP contribution in [0.1, 0.15) is 49.9 Å². The van der Waals surface area contributed by atoms with Crippen LogP contribution in [0.5, 0.6) is 5.75 Å². The Morgan fingerprint density at radius 3 is 2.40 bits per heavy atom. The Morgan fingerprint density at radius 1 is 1.11 bits per heavy atom. The van der Waals surface area contributed by atoms with Gasteiger partial charge in [-0.15, -0.1) is 0 Å². The van der Waals surface area contributed by atoms with Gasteiger partial charge in [0, 0.05) is 43.0 Å². The first kappa shape index (κ1) is 25.3. The van der Waals surface area contributed by atoms with Gasteiger partial charge in [-0.25, -0.2) is 4.98 Å². The summed E-state index contributed by atoms with van der Waals surface area (Å²) in [4.78, 5) is 32.2. The number of pyridine rings is 1. The first-order valence-corrected chi connectivity index (χ1v) is 12.4. The Labute approximate surface area is 211 Å². The van der Waals surface area contributed by atoms with Gasteiger partial charge in [0.15, 0.2) is 5.60 Å². The summed E-state index contributed by atoms with van der Waals surface area (Å²) in [7, 11) is 1.60. The van der Waals surface area contributed by atoms with Crippen LogP contribution >= 0.6 is 11.6 Å². The van der Waals surface area contributed by atoms with Gasteiger partial charge in [0.05, 0.1) is 12.2 Å². The fraction of sp³-hybridized carbons (Fsp3) is 0.500. The van der Waals surface area contributed by atoms with E-state index in [1.54, 1.807) is 51.4 Å². The van der Waals surface area contributed by atoms with Crippen molar-refractivity contribution in [3.05, 3.63) is 53.2 Å². The lowest BCUT2D eigenvalue weighted by atomic mass is 9.96. The highest BCUT2D eigenvalue weighted by atomic mass is 35.5.